The van der Waals surface area contributed by atoms with E-state index in [-0.39, 0.29) is 11.7 Å². The molecule has 3 atom stereocenters. The second kappa shape index (κ2) is 7.25. The van der Waals surface area contributed by atoms with Crippen molar-refractivity contribution in [3.63, 3.8) is 0 Å². The monoisotopic (exact) mass is 335 g/mol. The molecule has 0 radical (unpaired) electrons. The fourth-order valence-electron chi connectivity index (χ4n) is 3.87. The first kappa shape index (κ1) is 16.2. The highest BCUT2D eigenvalue weighted by Crippen LogP contribution is 2.49. The van der Waals surface area contributed by atoms with Gasteiger partial charge in [0.15, 0.2) is 5.11 Å². The first-order valence-electron chi connectivity index (χ1n) is 8.17. The van der Waals surface area contributed by atoms with E-state index in [1.165, 1.54) is 37.8 Å². The van der Waals surface area contributed by atoms with Gasteiger partial charge in [0.2, 0.25) is 5.91 Å². The Balaban J connectivity index is 1.34. The third-order valence-electron chi connectivity index (χ3n) is 5.01. The normalized spacial score (nSPS) is 25.2. The van der Waals surface area contributed by atoms with E-state index in [0.717, 1.165) is 17.4 Å². The predicted molar refractivity (Wildman–Crippen MR) is 90.7 cm³/mol. The molecule has 1 aromatic rings. The summed E-state index contributed by atoms with van der Waals surface area (Å²) < 4.78 is 12.8. The van der Waals surface area contributed by atoms with Crippen molar-refractivity contribution in [1.82, 2.24) is 16.2 Å². The standard InChI is InChI=1S/C17H22FN3OS/c18-15-5-2-11(3-6-15)10-19-17(23)21-20-16(22)9-14-8-12-1-4-13(14)7-12/h2-3,5-6,12-14H,1,4,7-10H2,(H,20,22)(H2,19,21,23)/t12-,13+,14-/m0/s1. The lowest BCUT2D eigenvalue weighted by molar-refractivity contribution is -0.122. The van der Waals surface area contributed by atoms with Gasteiger partial charge in [-0.3, -0.25) is 15.6 Å². The van der Waals surface area contributed by atoms with Crippen molar-refractivity contribution in [2.24, 2.45) is 17.8 Å². The molecule has 4 nitrogen and oxygen atoms in total. The third-order valence-corrected chi connectivity index (χ3v) is 5.26. The van der Waals surface area contributed by atoms with Crippen LogP contribution in [0.3, 0.4) is 0 Å². The predicted octanol–water partition coefficient (Wildman–Crippen LogP) is 2.65. The van der Waals surface area contributed by atoms with Gasteiger partial charge in [0.05, 0.1) is 0 Å². The van der Waals surface area contributed by atoms with Crippen molar-refractivity contribution >= 4 is 23.2 Å². The Morgan fingerprint density at radius 3 is 2.61 bits per heavy atom. The van der Waals surface area contributed by atoms with E-state index in [9.17, 15) is 9.18 Å². The minimum Gasteiger partial charge on any atom is -0.357 e. The number of fused-ring (bicyclic) bond motifs is 2. The molecule has 3 N–H and O–H groups in total. The van der Waals surface area contributed by atoms with Gasteiger partial charge in [0.1, 0.15) is 5.82 Å². The smallest absolute Gasteiger partial charge is 0.238 e. The highest BCUT2D eigenvalue weighted by atomic mass is 32.1. The molecule has 124 valence electrons. The van der Waals surface area contributed by atoms with Gasteiger partial charge in [0.25, 0.3) is 0 Å². The van der Waals surface area contributed by atoms with Crippen molar-refractivity contribution in [2.75, 3.05) is 0 Å². The zero-order valence-corrected chi connectivity index (χ0v) is 13.8. The van der Waals surface area contributed by atoms with E-state index in [1.807, 2.05) is 0 Å². The molecule has 0 heterocycles. The maximum atomic E-state index is 12.8. The first-order chi connectivity index (χ1) is 11.1. The zero-order chi connectivity index (χ0) is 16.2. The quantitative estimate of drug-likeness (QED) is 0.585. The molecule has 23 heavy (non-hydrogen) atoms. The average Bonchev–Trinajstić information content (AvgIpc) is 3.15. The molecule has 0 unspecified atom stereocenters. The van der Waals surface area contributed by atoms with Crippen LogP contribution in [0.5, 0.6) is 0 Å². The molecule has 0 saturated heterocycles. The van der Waals surface area contributed by atoms with Crippen LogP contribution in [-0.2, 0) is 11.3 Å². The number of amides is 1. The van der Waals surface area contributed by atoms with Crippen LogP contribution in [0.1, 0.15) is 37.7 Å². The minimum atomic E-state index is -0.262. The second-order valence-corrected chi connectivity index (χ2v) is 7.03. The Kier molecular flexibility index (Phi) is 5.10. The van der Waals surface area contributed by atoms with Crippen molar-refractivity contribution < 1.29 is 9.18 Å². The molecule has 1 amide bonds. The van der Waals surface area contributed by atoms with E-state index in [0.29, 0.717) is 24.0 Å². The van der Waals surface area contributed by atoms with Crippen molar-refractivity contribution in [1.29, 1.82) is 0 Å². The van der Waals surface area contributed by atoms with Crippen LogP contribution in [0.15, 0.2) is 24.3 Å². The van der Waals surface area contributed by atoms with Gasteiger partial charge in [-0.05, 0) is 66.9 Å². The number of hydrogen-bond acceptors (Lipinski definition) is 2. The van der Waals surface area contributed by atoms with Crippen LogP contribution in [0.25, 0.3) is 0 Å². The lowest BCUT2D eigenvalue weighted by Crippen LogP contribution is -2.47. The van der Waals surface area contributed by atoms with Gasteiger partial charge >= 0.3 is 0 Å². The number of benzene rings is 1. The number of hydrazine groups is 1. The SMILES string of the molecule is O=C(C[C@@H]1C[C@H]2CC[C@@H]1C2)NNC(=S)NCc1ccc(F)cc1. The van der Waals surface area contributed by atoms with Crippen LogP contribution < -0.4 is 16.2 Å². The highest BCUT2D eigenvalue weighted by molar-refractivity contribution is 7.80. The van der Waals surface area contributed by atoms with Crippen LogP contribution in [-0.4, -0.2) is 11.0 Å². The summed E-state index contributed by atoms with van der Waals surface area (Å²) in [7, 11) is 0. The Hall–Kier alpha value is -1.69. The molecule has 2 bridgehead atoms. The number of rotatable bonds is 4. The largest absolute Gasteiger partial charge is 0.357 e. The van der Waals surface area contributed by atoms with Gasteiger partial charge in [0, 0.05) is 13.0 Å². The molecule has 2 aliphatic rings. The fourth-order valence-corrected chi connectivity index (χ4v) is 3.99. The van der Waals surface area contributed by atoms with E-state index in [1.54, 1.807) is 12.1 Å². The number of thiocarbonyl (C=S) groups is 1. The topological polar surface area (TPSA) is 53.2 Å². The third kappa shape index (κ3) is 4.41. The summed E-state index contributed by atoms with van der Waals surface area (Å²) in [6, 6.07) is 6.20. The maximum absolute atomic E-state index is 12.8. The molecular weight excluding hydrogens is 313 g/mol. The minimum absolute atomic E-state index is 0.00604. The van der Waals surface area contributed by atoms with E-state index >= 15 is 0 Å². The summed E-state index contributed by atoms with van der Waals surface area (Å²) in [6.07, 6.45) is 5.72. The molecule has 2 fully saturated rings. The Labute approximate surface area is 141 Å². The molecule has 2 aliphatic carbocycles. The highest BCUT2D eigenvalue weighted by Gasteiger charge is 2.40. The molecule has 3 rings (SSSR count). The van der Waals surface area contributed by atoms with Gasteiger partial charge in [-0.1, -0.05) is 18.6 Å². The van der Waals surface area contributed by atoms with E-state index < -0.39 is 0 Å². The number of nitrogens with one attached hydrogen (secondary N) is 3. The summed E-state index contributed by atoms with van der Waals surface area (Å²) in [6.45, 7) is 0.481. The Bertz CT molecular complexity index is 578. The summed E-state index contributed by atoms with van der Waals surface area (Å²) in [5.74, 6) is 1.87. The maximum Gasteiger partial charge on any atom is 0.238 e. The molecule has 0 aliphatic heterocycles. The van der Waals surface area contributed by atoms with Crippen molar-refractivity contribution in [3.05, 3.63) is 35.6 Å². The van der Waals surface area contributed by atoms with Crippen LogP contribution in [0.4, 0.5) is 4.39 Å². The Morgan fingerprint density at radius 1 is 1.17 bits per heavy atom. The number of hydrogen-bond donors (Lipinski definition) is 3. The van der Waals surface area contributed by atoms with E-state index in [4.69, 9.17) is 12.2 Å². The number of carbonyl (C=O) groups is 1. The van der Waals surface area contributed by atoms with Crippen molar-refractivity contribution in [3.8, 4) is 0 Å². The Morgan fingerprint density at radius 2 is 1.96 bits per heavy atom. The molecule has 6 heteroatoms. The summed E-state index contributed by atoms with van der Waals surface area (Å²) in [5, 5.41) is 3.33. The summed E-state index contributed by atoms with van der Waals surface area (Å²) in [5.41, 5.74) is 6.31. The molecule has 0 spiro atoms. The summed E-state index contributed by atoms with van der Waals surface area (Å²) in [4.78, 5) is 12.0. The number of halogens is 1. The van der Waals surface area contributed by atoms with Gasteiger partial charge in [-0.15, -0.1) is 0 Å². The van der Waals surface area contributed by atoms with Crippen LogP contribution >= 0.6 is 12.2 Å². The second-order valence-electron chi connectivity index (χ2n) is 6.62. The van der Waals surface area contributed by atoms with Crippen LogP contribution in [0, 0.1) is 23.6 Å². The molecule has 2 saturated carbocycles. The van der Waals surface area contributed by atoms with E-state index in [2.05, 4.69) is 16.2 Å². The number of carbonyl (C=O) groups excluding carboxylic acids is 1. The molecular formula is C17H22FN3OS. The average molecular weight is 335 g/mol. The van der Waals surface area contributed by atoms with Gasteiger partial charge < -0.3 is 5.32 Å². The van der Waals surface area contributed by atoms with Gasteiger partial charge in [-0.25, -0.2) is 4.39 Å². The van der Waals surface area contributed by atoms with Crippen LogP contribution in [0.2, 0.25) is 0 Å². The van der Waals surface area contributed by atoms with Gasteiger partial charge in [-0.2, -0.15) is 0 Å². The first-order valence-corrected chi connectivity index (χ1v) is 8.58. The molecule has 1 aromatic carbocycles. The molecule has 0 aromatic heterocycles. The lowest BCUT2D eigenvalue weighted by atomic mass is 9.86. The van der Waals surface area contributed by atoms with Crippen molar-refractivity contribution in [2.45, 2.75) is 38.6 Å². The lowest BCUT2D eigenvalue weighted by Gasteiger charge is -2.21. The summed E-state index contributed by atoms with van der Waals surface area (Å²) >= 11 is 5.12. The zero-order valence-electron chi connectivity index (χ0n) is 13.0. The fraction of sp³-hybridized carbons (Fsp3) is 0.529.